The maximum Gasteiger partial charge on any atom is 0.304 e. The van der Waals surface area contributed by atoms with Crippen molar-refractivity contribution in [1.82, 2.24) is 14.5 Å². The lowest BCUT2D eigenvalue weighted by Crippen LogP contribution is -2.53. The fraction of sp³-hybridized carbons (Fsp3) is 0.417. The van der Waals surface area contributed by atoms with E-state index in [-0.39, 0.29) is 18.5 Å². The lowest BCUT2D eigenvalue weighted by Gasteiger charge is -2.33. The van der Waals surface area contributed by atoms with Gasteiger partial charge in [0.1, 0.15) is 12.6 Å². The average molecular weight is 475 g/mol. The van der Waals surface area contributed by atoms with Gasteiger partial charge in [0.2, 0.25) is 11.8 Å². The zero-order valence-electron chi connectivity index (χ0n) is 19.9. The van der Waals surface area contributed by atoms with Gasteiger partial charge in [0, 0.05) is 26.7 Å². The summed E-state index contributed by atoms with van der Waals surface area (Å²) in [7, 11) is -1.11. The Bertz CT molecular complexity index is 1010. The summed E-state index contributed by atoms with van der Waals surface area (Å²) in [6, 6.07) is 17.0. The SMILES string of the molecule is CC[C@@H](C)NC(=O)[C@H](C)N(Cc1ccccc1)C(=O)CN(c1ccccc1)S(=O)(=O)N(C)C. The van der Waals surface area contributed by atoms with E-state index in [1.165, 1.54) is 19.0 Å². The predicted octanol–water partition coefficient (Wildman–Crippen LogP) is 2.63. The van der Waals surface area contributed by atoms with Gasteiger partial charge in [-0.25, -0.2) is 4.31 Å². The second kappa shape index (κ2) is 11.8. The molecule has 9 heteroatoms. The van der Waals surface area contributed by atoms with Crippen molar-refractivity contribution in [2.45, 2.75) is 45.8 Å². The third-order valence-corrected chi connectivity index (χ3v) is 7.25. The molecule has 2 aromatic carbocycles. The van der Waals surface area contributed by atoms with Gasteiger partial charge in [-0.2, -0.15) is 12.7 Å². The average Bonchev–Trinajstić information content (AvgIpc) is 2.81. The van der Waals surface area contributed by atoms with E-state index in [1.807, 2.05) is 44.2 Å². The van der Waals surface area contributed by atoms with E-state index in [2.05, 4.69) is 5.32 Å². The third kappa shape index (κ3) is 7.03. The Balaban J connectivity index is 2.39. The van der Waals surface area contributed by atoms with Gasteiger partial charge < -0.3 is 10.2 Å². The van der Waals surface area contributed by atoms with Crippen molar-refractivity contribution in [3.05, 3.63) is 66.2 Å². The second-order valence-electron chi connectivity index (χ2n) is 8.13. The van der Waals surface area contributed by atoms with Crippen molar-refractivity contribution in [1.29, 1.82) is 0 Å². The van der Waals surface area contributed by atoms with Crippen LogP contribution in [0.1, 0.15) is 32.8 Å². The Kier molecular flexibility index (Phi) is 9.43. The minimum Gasteiger partial charge on any atom is -0.352 e. The van der Waals surface area contributed by atoms with Crippen LogP contribution < -0.4 is 9.62 Å². The second-order valence-corrected chi connectivity index (χ2v) is 10.2. The molecular weight excluding hydrogens is 440 g/mol. The Hall–Kier alpha value is -2.91. The summed E-state index contributed by atoms with van der Waals surface area (Å²) < 4.78 is 28.2. The molecule has 180 valence electrons. The summed E-state index contributed by atoms with van der Waals surface area (Å²) in [5, 5.41) is 2.91. The van der Waals surface area contributed by atoms with Gasteiger partial charge in [0.25, 0.3) is 0 Å². The van der Waals surface area contributed by atoms with E-state index >= 15 is 0 Å². The first-order valence-electron chi connectivity index (χ1n) is 11.0. The molecule has 0 fully saturated rings. The first-order chi connectivity index (χ1) is 15.6. The first kappa shape index (κ1) is 26.3. The molecule has 33 heavy (non-hydrogen) atoms. The molecule has 0 bridgehead atoms. The summed E-state index contributed by atoms with van der Waals surface area (Å²) in [5.74, 6) is -0.754. The van der Waals surface area contributed by atoms with Crippen LogP contribution in [0.4, 0.5) is 5.69 Å². The zero-order valence-corrected chi connectivity index (χ0v) is 20.7. The number of rotatable bonds is 11. The van der Waals surface area contributed by atoms with Crippen LogP contribution in [0.25, 0.3) is 0 Å². The third-order valence-electron chi connectivity index (χ3n) is 5.43. The number of hydrogen-bond donors (Lipinski definition) is 1. The maximum atomic E-state index is 13.5. The normalized spacial score (nSPS) is 13.3. The van der Waals surface area contributed by atoms with Crippen LogP contribution in [0, 0.1) is 0 Å². The minimum absolute atomic E-state index is 0.0384. The van der Waals surface area contributed by atoms with Crippen molar-refractivity contribution in [3.63, 3.8) is 0 Å². The highest BCUT2D eigenvalue weighted by molar-refractivity contribution is 7.90. The van der Waals surface area contributed by atoms with Crippen LogP contribution >= 0.6 is 0 Å². The number of hydrogen-bond acceptors (Lipinski definition) is 4. The van der Waals surface area contributed by atoms with Gasteiger partial charge in [-0.05, 0) is 38.0 Å². The highest BCUT2D eigenvalue weighted by Crippen LogP contribution is 2.20. The van der Waals surface area contributed by atoms with Crippen LogP contribution in [-0.4, -0.2) is 62.2 Å². The van der Waals surface area contributed by atoms with Crippen LogP contribution in [0.15, 0.2) is 60.7 Å². The summed E-state index contributed by atoms with van der Waals surface area (Å²) in [6.07, 6.45) is 0.758. The van der Waals surface area contributed by atoms with Crippen LogP contribution in [0.2, 0.25) is 0 Å². The van der Waals surface area contributed by atoms with Crippen LogP contribution in [0.5, 0.6) is 0 Å². The highest BCUT2D eigenvalue weighted by atomic mass is 32.2. The number of anilines is 1. The lowest BCUT2D eigenvalue weighted by atomic mass is 10.1. The van der Waals surface area contributed by atoms with Gasteiger partial charge >= 0.3 is 10.2 Å². The van der Waals surface area contributed by atoms with Crippen molar-refractivity contribution < 1.29 is 18.0 Å². The Morgan fingerprint density at radius 3 is 2.00 bits per heavy atom. The van der Waals surface area contributed by atoms with E-state index in [4.69, 9.17) is 0 Å². The van der Waals surface area contributed by atoms with Crippen LogP contribution in [0.3, 0.4) is 0 Å². The number of nitrogens with one attached hydrogen (secondary N) is 1. The molecular formula is C24H34N4O4S. The van der Waals surface area contributed by atoms with Gasteiger partial charge in [0.15, 0.2) is 0 Å². The fourth-order valence-corrected chi connectivity index (χ4v) is 4.20. The summed E-state index contributed by atoms with van der Waals surface area (Å²) in [5.41, 5.74) is 1.21. The predicted molar refractivity (Wildman–Crippen MR) is 131 cm³/mol. The van der Waals surface area contributed by atoms with Crippen molar-refractivity contribution in [2.75, 3.05) is 24.9 Å². The molecule has 2 atom stereocenters. The summed E-state index contributed by atoms with van der Waals surface area (Å²) in [6.45, 7) is 5.27. The smallest absolute Gasteiger partial charge is 0.304 e. The lowest BCUT2D eigenvalue weighted by molar-refractivity contribution is -0.139. The summed E-state index contributed by atoms with van der Waals surface area (Å²) in [4.78, 5) is 27.8. The molecule has 0 saturated heterocycles. The molecule has 0 unspecified atom stereocenters. The molecule has 2 amide bonds. The Labute approximate surface area is 197 Å². The standard InChI is InChI=1S/C24H34N4O4S/c1-6-19(2)25-24(30)20(3)27(17-21-13-9-7-10-14-21)23(29)18-28(33(31,32)26(4)5)22-15-11-8-12-16-22/h7-16,19-20H,6,17-18H2,1-5H3,(H,25,30)/t19-,20+/m1/s1. The number of carbonyl (C=O) groups excluding carboxylic acids is 2. The van der Waals surface area contributed by atoms with Gasteiger partial charge in [-0.15, -0.1) is 0 Å². The van der Waals surface area contributed by atoms with E-state index in [9.17, 15) is 18.0 Å². The van der Waals surface area contributed by atoms with E-state index < -0.39 is 28.7 Å². The van der Waals surface area contributed by atoms with Gasteiger partial charge in [-0.3, -0.25) is 9.59 Å². The number of nitrogens with zero attached hydrogens (tertiary/aromatic N) is 3. The first-order valence-corrected chi connectivity index (χ1v) is 12.4. The molecule has 0 aliphatic rings. The van der Waals surface area contributed by atoms with Crippen LogP contribution in [-0.2, 0) is 26.3 Å². The molecule has 1 N–H and O–H groups in total. The molecule has 0 heterocycles. The van der Waals surface area contributed by atoms with E-state index in [0.29, 0.717) is 5.69 Å². The van der Waals surface area contributed by atoms with Crippen molar-refractivity contribution >= 4 is 27.7 Å². The molecule has 0 spiro atoms. The molecule has 8 nitrogen and oxygen atoms in total. The maximum absolute atomic E-state index is 13.5. The molecule has 2 aromatic rings. The van der Waals surface area contributed by atoms with Crippen molar-refractivity contribution in [2.24, 2.45) is 0 Å². The number of carbonyl (C=O) groups is 2. The summed E-state index contributed by atoms with van der Waals surface area (Å²) >= 11 is 0. The molecule has 0 aliphatic heterocycles. The molecule has 0 saturated carbocycles. The monoisotopic (exact) mass is 474 g/mol. The zero-order chi connectivity index (χ0) is 24.6. The van der Waals surface area contributed by atoms with E-state index in [0.717, 1.165) is 20.6 Å². The largest absolute Gasteiger partial charge is 0.352 e. The highest BCUT2D eigenvalue weighted by Gasteiger charge is 2.32. The van der Waals surface area contributed by atoms with Gasteiger partial charge in [0.05, 0.1) is 5.69 Å². The fourth-order valence-electron chi connectivity index (χ4n) is 3.14. The van der Waals surface area contributed by atoms with Crippen molar-refractivity contribution in [3.8, 4) is 0 Å². The Morgan fingerprint density at radius 1 is 0.939 bits per heavy atom. The number of benzene rings is 2. The number of para-hydroxylation sites is 1. The Morgan fingerprint density at radius 2 is 1.48 bits per heavy atom. The van der Waals surface area contributed by atoms with Gasteiger partial charge in [-0.1, -0.05) is 55.5 Å². The molecule has 0 aromatic heterocycles. The topological polar surface area (TPSA) is 90.0 Å². The van der Waals surface area contributed by atoms with E-state index in [1.54, 1.807) is 37.3 Å². The molecule has 0 radical (unpaired) electrons. The molecule has 0 aliphatic carbocycles. The molecule has 2 rings (SSSR count). The quantitative estimate of drug-likeness (QED) is 0.542. The minimum atomic E-state index is -3.94. The number of amides is 2.